The molecule has 2 N–H and O–H groups in total. The van der Waals surface area contributed by atoms with E-state index in [1.54, 1.807) is 29.7 Å². The van der Waals surface area contributed by atoms with Crippen molar-refractivity contribution >= 4 is 28.2 Å². The molecule has 4 rings (SSSR count). The molecule has 0 saturated heterocycles. The van der Waals surface area contributed by atoms with Crippen LogP contribution in [-0.4, -0.2) is 20.9 Å². The quantitative estimate of drug-likeness (QED) is 0.391. The molecule has 0 spiro atoms. The van der Waals surface area contributed by atoms with Gasteiger partial charge in [0, 0.05) is 33.6 Å². The van der Waals surface area contributed by atoms with Crippen LogP contribution in [0.5, 0.6) is 0 Å². The third kappa shape index (κ3) is 5.00. The number of nitrogens with one attached hydrogen (secondary N) is 2. The van der Waals surface area contributed by atoms with Crippen LogP contribution in [0.4, 0.5) is 10.9 Å². The number of thiophene rings is 1. The lowest BCUT2D eigenvalue weighted by atomic mass is 10.0. The van der Waals surface area contributed by atoms with Gasteiger partial charge in [-0.2, -0.15) is 0 Å². The molecular formula is C25H25N5OS. The highest BCUT2D eigenvalue weighted by Crippen LogP contribution is 2.37. The van der Waals surface area contributed by atoms with E-state index in [1.807, 2.05) is 56.3 Å². The highest BCUT2D eigenvalue weighted by atomic mass is 32.1. The van der Waals surface area contributed by atoms with Crippen molar-refractivity contribution in [2.75, 3.05) is 10.6 Å². The van der Waals surface area contributed by atoms with Gasteiger partial charge in [-0.3, -0.25) is 9.78 Å². The van der Waals surface area contributed by atoms with Crippen LogP contribution in [0.3, 0.4) is 0 Å². The van der Waals surface area contributed by atoms with Crippen molar-refractivity contribution in [2.24, 2.45) is 0 Å². The van der Waals surface area contributed by atoms with Gasteiger partial charge in [0.2, 0.25) is 5.95 Å². The molecule has 3 aromatic heterocycles. The molecule has 0 radical (unpaired) electrons. The number of pyridine rings is 1. The molecule has 162 valence electrons. The van der Waals surface area contributed by atoms with Gasteiger partial charge < -0.3 is 10.6 Å². The number of aryl methyl sites for hydroxylation is 3. The molecule has 7 heteroatoms. The van der Waals surface area contributed by atoms with E-state index in [1.165, 1.54) is 4.88 Å². The van der Waals surface area contributed by atoms with Crippen molar-refractivity contribution in [2.45, 2.75) is 33.2 Å². The van der Waals surface area contributed by atoms with E-state index in [9.17, 15) is 4.79 Å². The Kier molecular flexibility index (Phi) is 6.56. The topological polar surface area (TPSA) is 79.8 Å². The zero-order valence-corrected chi connectivity index (χ0v) is 19.1. The average Bonchev–Trinajstić information content (AvgIpc) is 3.20. The molecule has 0 saturated carbocycles. The predicted octanol–water partition coefficient (Wildman–Crippen LogP) is 5.57. The fourth-order valence-electron chi connectivity index (χ4n) is 3.49. The van der Waals surface area contributed by atoms with Gasteiger partial charge in [0.25, 0.3) is 5.91 Å². The van der Waals surface area contributed by atoms with E-state index in [0.717, 1.165) is 34.1 Å². The Morgan fingerprint density at radius 3 is 2.38 bits per heavy atom. The minimum Gasteiger partial charge on any atom is -0.342 e. The van der Waals surface area contributed by atoms with E-state index in [-0.39, 0.29) is 11.9 Å². The van der Waals surface area contributed by atoms with Gasteiger partial charge in [0.1, 0.15) is 5.00 Å². The molecule has 0 aliphatic heterocycles. The van der Waals surface area contributed by atoms with Crippen LogP contribution >= 0.6 is 11.3 Å². The van der Waals surface area contributed by atoms with E-state index in [2.05, 4.69) is 38.6 Å². The maximum atomic E-state index is 12.9. The number of hydrogen-bond donors (Lipinski definition) is 2. The average molecular weight is 444 g/mol. The number of carbonyl (C=O) groups excluding carboxylic acids is 1. The Labute approximate surface area is 191 Å². The van der Waals surface area contributed by atoms with Crippen LogP contribution < -0.4 is 10.6 Å². The van der Waals surface area contributed by atoms with Crippen LogP contribution in [0, 0.1) is 13.8 Å². The Morgan fingerprint density at radius 1 is 1.00 bits per heavy atom. The van der Waals surface area contributed by atoms with Crippen molar-refractivity contribution < 1.29 is 4.79 Å². The van der Waals surface area contributed by atoms with Gasteiger partial charge in [-0.15, -0.1) is 11.3 Å². The molecule has 1 aromatic carbocycles. The highest BCUT2D eigenvalue weighted by molar-refractivity contribution is 7.16. The van der Waals surface area contributed by atoms with Crippen LogP contribution in [0.25, 0.3) is 0 Å². The summed E-state index contributed by atoms with van der Waals surface area (Å²) >= 11 is 1.58. The maximum absolute atomic E-state index is 12.9. The van der Waals surface area contributed by atoms with E-state index in [4.69, 9.17) is 0 Å². The van der Waals surface area contributed by atoms with Gasteiger partial charge in [0.15, 0.2) is 0 Å². The minimum atomic E-state index is -0.319. The molecule has 1 atom stereocenters. The van der Waals surface area contributed by atoms with Crippen molar-refractivity contribution in [3.63, 3.8) is 0 Å². The molecule has 0 unspecified atom stereocenters. The first-order valence-electron chi connectivity index (χ1n) is 10.5. The zero-order chi connectivity index (χ0) is 22.5. The van der Waals surface area contributed by atoms with Crippen LogP contribution in [0.15, 0.2) is 66.9 Å². The predicted molar refractivity (Wildman–Crippen MR) is 129 cm³/mol. The van der Waals surface area contributed by atoms with Crippen LogP contribution in [0.1, 0.15) is 50.8 Å². The Morgan fingerprint density at radius 2 is 1.72 bits per heavy atom. The SMILES string of the molecule is CCc1cc([C@H](Nc2nc(C)cc(C)n2)c2ccccn2)c(NC(=O)c2ccccc2)s1. The molecule has 0 aliphatic rings. The van der Waals surface area contributed by atoms with Gasteiger partial charge in [-0.25, -0.2) is 9.97 Å². The molecule has 0 aliphatic carbocycles. The number of benzene rings is 1. The summed E-state index contributed by atoms with van der Waals surface area (Å²) in [6.45, 7) is 6.00. The van der Waals surface area contributed by atoms with Gasteiger partial charge in [0.05, 0.1) is 11.7 Å². The van der Waals surface area contributed by atoms with E-state index >= 15 is 0 Å². The Balaban J connectivity index is 1.75. The number of hydrogen-bond acceptors (Lipinski definition) is 6. The third-order valence-electron chi connectivity index (χ3n) is 4.97. The summed E-state index contributed by atoms with van der Waals surface area (Å²) in [6, 6.07) is 18.8. The normalized spacial score (nSPS) is 11.7. The lowest BCUT2D eigenvalue weighted by Crippen LogP contribution is -2.18. The first-order valence-corrected chi connectivity index (χ1v) is 11.3. The Hall–Kier alpha value is -3.58. The highest BCUT2D eigenvalue weighted by Gasteiger charge is 2.24. The molecule has 0 fully saturated rings. The van der Waals surface area contributed by atoms with Crippen LogP contribution in [-0.2, 0) is 6.42 Å². The first-order chi connectivity index (χ1) is 15.5. The summed E-state index contributed by atoms with van der Waals surface area (Å²) in [5.41, 5.74) is 4.15. The second-order valence-corrected chi connectivity index (χ2v) is 8.61. The van der Waals surface area contributed by atoms with Gasteiger partial charge in [-0.1, -0.05) is 31.2 Å². The van der Waals surface area contributed by atoms with Crippen molar-refractivity contribution in [3.8, 4) is 0 Å². The summed E-state index contributed by atoms with van der Waals surface area (Å²) in [6.07, 6.45) is 2.63. The molecule has 3 heterocycles. The number of nitrogens with zero attached hydrogens (tertiary/aromatic N) is 3. The lowest BCUT2D eigenvalue weighted by molar-refractivity contribution is 0.102. The third-order valence-corrected chi connectivity index (χ3v) is 6.18. The monoisotopic (exact) mass is 443 g/mol. The fourth-order valence-corrected chi connectivity index (χ4v) is 4.52. The summed E-state index contributed by atoms with van der Waals surface area (Å²) < 4.78 is 0. The molecular weight excluding hydrogens is 418 g/mol. The number of amides is 1. The first kappa shape index (κ1) is 21.6. The van der Waals surface area contributed by atoms with Crippen LogP contribution in [0.2, 0.25) is 0 Å². The molecule has 1 amide bonds. The summed E-state index contributed by atoms with van der Waals surface area (Å²) in [5, 5.41) is 7.36. The molecule has 6 nitrogen and oxygen atoms in total. The van der Waals surface area contributed by atoms with Crippen molar-refractivity contribution in [1.29, 1.82) is 0 Å². The molecule has 4 aromatic rings. The number of aromatic nitrogens is 3. The standard InChI is InChI=1S/C25H25N5OS/c1-4-19-15-20(24(32-19)30-23(31)18-10-6-5-7-11-18)22(21-12-8-9-13-26-21)29-25-27-16(2)14-17(3)28-25/h5-15,22H,4H2,1-3H3,(H,30,31)(H,27,28,29)/t22-/m0/s1. The Bertz CT molecular complexity index is 1190. The largest absolute Gasteiger partial charge is 0.342 e. The molecule has 32 heavy (non-hydrogen) atoms. The van der Waals surface area contributed by atoms with E-state index in [0.29, 0.717) is 11.5 Å². The van der Waals surface area contributed by atoms with Crippen molar-refractivity contribution in [3.05, 3.63) is 99.9 Å². The zero-order valence-electron chi connectivity index (χ0n) is 18.3. The summed E-state index contributed by atoms with van der Waals surface area (Å²) in [4.78, 5) is 27.8. The van der Waals surface area contributed by atoms with Gasteiger partial charge in [-0.05, 0) is 56.7 Å². The van der Waals surface area contributed by atoms with Gasteiger partial charge >= 0.3 is 0 Å². The second-order valence-electron chi connectivity index (χ2n) is 7.48. The summed E-state index contributed by atoms with van der Waals surface area (Å²) in [7, 11) is 0. The minimum absolute atomic E-state index is 0.140. The van der Waals surface area contributed by atoms with Crippen molar-refractivity contribution in [1.82, 2.24) is 15.0 Å². The maximum Gasteiger partial charge on any atom is 0.256 e. The van der Waals surface area contributed by atoms with E-state index < -0.39 is 0 Å². The fraction of sp³-hybridized carbons (Fsp3) is 0.200. The number of anilines is 2. The number of carbonyl (C=O) groups is 1. The summed E-state index contributed by atoms with van der Waals surface area (Å²) in [5.74, 6) is 0.390. The second kappa shape index (κ2) is 9.70. The smallest absolute Gasteiger partial charge is 0.256 e. The molecule has 0 bridgehead atoms. The number of rotatable bonds is 7. The lowest BCUT2D eigenvalue weighted by Gasteiger charge is -2.20.